The van der Waals surface area contributed by atoms with Crippen LogP contribution < -0.4 is 0 Å². The summed E-state index contributed by atoms with van der Waals surface area (Å²) >= 11 is 6.09. The summed E-state index contributed by atoms with van der Waals surface area (Å²) in [7, 11) is 1.75. The SMILES string of the molecule is Cc1nn(C)c(Cl)c1/C=C/C(=O)N(CCO)C(C)C. The fourth-order valence-corrected chi connectivity index (χ4v) is 2.05. The van der Waals surface area contributed by atoms with Crippen molar-refractivity contribution in [3.63, 3.8) is 0 Å². The van der Waals surface area contributed by atoms with Gasteiger partial charge in [0.05, 0.1) is 12.3 Å². The number of halogens is 1. The average molecular weight is 286 g/mol. The van der Waals surface area contributed by atoms with E-state index in [1.165, 1.54) is 6.08 Å². The molecular weight excluding hydrogens is 266 g/mol. The second kappa shape index (κ2) is 6.73. The molecule has 1 N–H and O–H groups in total. The van der Waals surface area contributed by atoms with Gasteiger partial charge in [-0.1, -0.05) is 11.6 Å². The molecule has 1 rings (SSSR count). The number of hydrogen-bond donors (Lipinski definition) is 1. The zero-order chi connectivity index (χ0) is 14.6. The molecule has 0 aromatic carbocycles. The zero-order valence-electron chi connectivity index (χ0n) is 11.7. The van der Waals surface area contributed by atoms with Crippen molar-refractivity contribution in [1.82, 2.24) is 14.7 Å². The summed E-state index contributed by atoms with van der Waals surface area (Å²) in [6.45, 7) is 5.92. The van der Waals surface area contributed by atoms with Crippen LogP contribution in [0.5, 0.6) is 0 Å². The number of hydrogen-bond acceptors (Lipinski definition) is 3. The van der Waals surface area contributed by atoms with Gasteiger partial charge in [-0.15, -0.1) is 0 Å². The zero-order valence-corrected chi connectivity index (χ0v) is 12.5. The number of carbonyl (C=O) groups excluding carboxylic acids is 1. The third-order valence-corrected chi connectivity index (χ3v) is 3.28. The van der Waals surface area contributed by atoms with E-state index in [1.54, 1.807) is 22.7 Å². The van der Waals surface area contributed by atoms with Gasteiger partial charge in [0, 0.05) is 31.3 Å². The van der Waals surface area contributed by atoms with E-state index in [-0.39, 0.29) is 18.6 Å². The highest BCUT2D eigenvalue weighted by molar-refractivity contribution is 6.31. The smallest absolute Gasteiger partial charge is 0.246 e. The van der Waals surface area contributed by atoms with Gasteiger partial charge in [-0.2, -0.15) is 5.10 Å². The van der Waals surface area contributed by atoms with Gasteiger partial charge in [-0.3, -0.25) is 9.48 Å². The van der Waals surface area contributed by atoms with Crippen LogP contribution in [0.2, 0.25) is 5.15 Å². The summed E-state index contributed by atoms with van der Waals surface area (Å²) in [5.74, 6) is -0.150. The maximum Gasteiger partial charge on any atom is 0.246 e. The maximum absolute atomic E-state index is 12.0. The van der Waals surface area contributed by atoms with Crippen molar-refractivity contribution in [3.8, 4) is 0 Å². The Balaban J connectivity index is 2.88. The predicted octanol–water partition coefficient (Wildman–Crippen LogP) is 1.62. The Morgan fingerprint density at radius 2 is 2.21 bits per heavy atom. The Bertz CT molecular complexity index is 480. The van der Waals surface area contributed by atoms with E-state index in [9.17, 15) is 4.79 Å². The Kier molecular flexibility index (Phi) is 5.57. The van der Waals surface area contributed by atoms with Crippen molar-refractivity contribution in [2.24, 2.45) is 7.05 Å². The summed E-state index contributed by atoms with van der Waals surface area (Å²) in [4.78, 5) is 13.6. The molecule has 1 aromatic rings. The van der Waals surface area contributed by atoms with Crippen LogP contribution in [0.4, 0.5) is 0 Å². The number of amides is 1. The van der Waals surface area contributed by atoms with Crippen LogP contribution in [0, 0.1) is 6.92 Å². The van der Waals surface area contributed by atoms with Gasteiger partial charge in [0.2, 0.25) is 5.91 Å². The van der Waals surface area contributed by atoms with Crippen LogP contribution >= 0.6 is 11.6 Å². The first-order valence-electron chi connectivity index (χ1n) is 6.17. The number of nitrogens with zero attached hydrogens (tertiary/aromatic N) is 3. The van der Waals surface area contributed by atoms with Crippen molar-refractivity contribution in [2.75, 3.05) is 13.2 Å². The molecule has 0 aliphatic heterocycles. The van der Waals surface area contributed by atoms with Crippen molar-refractivity contribution in [2.45, 2.75) is 26.8 Å². The van der Waals surface area contributed by atoms with Crippen molar-refractivity contribution >= 4 is 23.6 Å². The second-order valence-electron chi connectivity index (χ2n) is 4.60. The largest absolute Gasteiger partial charge is 0.395 e. The average Bonchev–Trinajstić information content (AvgIpc) is 2.57. The van der Waals surface area contributed by atoms with Gasteiger partial charge in [0.1, 0.15) is 5.15 Å². The van der Waals surface area contributed by atoms with Gasteiger partial charge in [-0.25, -0.2) is 0 Å². The lowest BCUT2D eigenvalue weighted by Crippen LogP contribution is -2.37. The molecule has 0 aliphatic carbocycles. The van der Waals surface area contributed by atoms with Crippen LogP contribution in [0.25, 0.3) is 6.08 Å². The van der Waals surface area contributed by atoms with E-state index in [0.29, 0.717) is 11.7 Å². The Morgan fingerprint density at radius 3 is 2.63 bits per heavy atom. The summed E-state index contributed by atoms with van der Waals surface area (Å²) < 4.78 is 1.56. The molecule has 0 bridgehead atoms. The van der Waals surface area contributed by atoms with E-state index in [1.807, 2.05) is 20.8 Å². The fraction of sp³-hybridized carbons (Fsp3) is 0.538. The molecule has 106 valence electrons. The normalized spacial score (nSPS) is 11.5. The van der Waals surface area contributed by atoms with Gasteiger partial charge < -0.3 is 10.0 Å². The summed E-state index contributed by atoms with van der Waals surface area (Å²) in [6.07, 6.45) is 3.13. The van der Waals surface area contributed by atoms with Gasteiger partial charge in [-0.05, 0) is 26.8 Å². The minimum atomic E-state index is -0.150. The van der Waals surface area contributed by atoms with E-state index in [2.05, 4.69) is 5.10 Å². The summed E-state index contributed by atoms with van der Waals surface area (Å²) in [5.41, 5.74) is 1.51. The highest BCUT2D eigenvalue weighted by Gasteiger charge is 2.14. The lowest BCUT2D eigenvalue weighted by Gasteiger charge is -2.24. The van der Waals surface area contributed by atoms with Crippen molar-refractivity contribution in [3.05, 3.63) is 22.5 Å². The molecule has 1 aromatic heterocycles. The molecule has 0 saturated heterocycles. The monoisotopic (exact) mass is 285 g/mol. The lowest BCUT2D eigenvalue weighted by atomic mass is 10.2. The molecule has 0 fully saturated rings. The van der Waals surface area contributed by atoms with E-state index >= 15 is 0 Å². The minimum Gasteiger partial charge on any atom is -0.395 e. The molecule has 0 aliphatic rings. The first-order chi connectivity index (χ1) is 8.88. The molecule has 19 heavy (non-hydrogen) atoms. The van der Waals surface area contributed by atoms with E-state index in [0.717, 1.165) is 11.3 Å². The first kappa shape index (κ1) is 15.7. The predicted molar refractivity (Wildman–Crippen MR) is 75.9 cm³/mol. The lowest BCUT2D eigenvalue weighted by molar-refractivity contribution is -0.128. The third kappa shape index (κ3) is 3.81. The fourth-order valence-electron chi connectivity index (χ4n) is 1.82. The van der Waals surface area contributed by atoms with Crippen LogP contribution in [-0.4, -0.2) is 44.9 Å². The Labute approximate surface area is 118 Å². The molecule has 1 heterocycles. The van der Waals surface area contributed by atoms with E-state index < -0.39 is 0 Å². The topological polar surface area (TPSA) is 58.4 Å². The molecule has 5 nitrogen and oxygen atoms in total. The van der Waals surface area contributed by atoms with Crippen LogP contribution in [-0.2, 0) is 11.8 Å². The molecule has 0 radical (unpaired) electrons. The molecule has 1 amide bonds. The Morgan fingerprint density at radius 1 is 1.58 bits per heavy atom. The molecule has 0 spiro atoms. The van der Waals surface area contributed by atoms with Crippen LogP contribution in [0.3, 0.4) is 0 Å². The standard InChI is InChI=1S/C13H20ClN3O2/c1-9(2)17(7-8-18)12(19)6-5-11-10(3)15-16(4)13(11)14/h5-6,9,18H,7-8H2,1-4H3/b6-5+. The number of aliphatic hydroxyl groups is 1. The molecular formula is C13H20ClN3O2. The summed E-state index contributed by atoms with van der Waals surface area (Å²) in [5, 5.41) is 13.6. The number of aryl methyl sites for hydroxylation is 2. The quantitative estimate of drug-likeness (QED) is 0.837. The van der Waals surface area contributed by atoms with Gasteiger partial charge in [0.15, 0.2) is 0 Å². The van der Waals surface area contributed by atoms with Crippen LogP contribution in [0.1, 0.15) is 25.1 Å². The van der Waals surface area contributed by atoms with Crippen molar-refractivity contribution < 1.29 is 9.90 Å². The Hall–Kier alpha value is -1.33. The second-order valence-corrected chi connectivity index (χ2v) is 4.95. The number of carbonyl (C=O) groups is 1. The molecule has 0 unspecified atom stereocenters. The van der Waals surface area contributed by atoms with Gasteiger partial charge >= 0.3 is 0 Å². The molecule has 6 heteroatoms. The highest BCUT2D eigenvalue weighted by Crippen LogP contribution is 2.20. The number of aromatic nitrogens is 2. The maximum atomic E-state index is 12.0. The van der Waals surface area contributed by atoms with Gasteiger partial charge in [0.25, 0.3) is 0 Å². The van der Waals surface area contributed by atoms with Crippen LogP contribution in [0.15, 0.2) is 6.08 Å². The minimum absolute atomic E-state index is 0.0368. The highest BCUT2D eigenvalue weighted by atomic mass is 35.5. The third-order valence-electron chi connectivity index (χ3n) is 2.84. The van der Waals surface area contributed by atoms with Crippen molar-refractivity contribution in [1.29, 1.82) is 0 Å². The van der Waals surface area contributed by atoms with E-state index in [4.69, 9.17) is 16.7 Å². The molecule has 0 atom stereocenters. The molecule has 0 saturated carbocycles. The summed E-state index contributed by atoms with van der Waals surface area (Å²) in [6, 6.07) is 0.0368. The number of aliphatic hydroxyl groups excluding tert-OH is 1. The first-order valence-corrected chi connectivity index (χ1v) is 6.55. The number of rotatable bonds is 5.